The molecule has 3 rings (SSSR count). The van der Waals surface area contributed by atoms with Gasteiger partial charge in [0.05, 0.1) is 11.0 Å². The van der Waals surface area contributed by atoms with E-state index in [4.69, 9.17) is 0 Å². The van der Waals surface area contributed by atoms with Crippen molar-refractivity contribution in [3.05, 3.63) is 57.7 Å². The maximum Gasteiger partial charge on any atom is 0.197 e. The molecule has 0 radical (unpaired) electrons. The van der Waals surface area contributed by atoms with Crippen LogP contribution in [-0.2, 0) is 17.4 Å². The van der Waals surface area contributed by atoms with Crippen molar-refractivity contribution in [3.8, 4) is 0 Å². The van der Waals surface area contributed by atoms with Crippen LogP contribution in [0.25, 0.3) is 21.8 Å². The Morgan fingerprint density at radius 3 is 1.76 bits per heavy atom. The quantitative estimate of drug-likeness (QED) is 0.225. The van der Waals surface area contributed by atoms with Gasteiger partial charge < -0.3 is 4.57 Å². The molecule has 2 nitrogen and oxygen atoms in total. The third kappa shape index (κ3) is 5.36. The zero-order valence-corrected chi connectivity index (χ0v) is 22.2. The normalized spacial score (nSPS) is 12.7. The second-order valence-electron chi connectivity index (χ2n) is 11.2. The zero-order chi connectivity index (χ0) is 24.2. The molecule has 1 aromatic heterocycles. The number of rotatable bonds is 10. The number of fused-ring (bicyclic) bond motifs is 2. The molecule has 0 amide bonds. The maximum absolute atomic E-state index is 13.8. The van der Waals surface area contributed by atoms with E-state index in [-0.39, 0.29) is 16.3 Å². The lowest BCUT2D eigenvalue weighted by molar-refractivity contribution is 0.439. The number of nitrogens with zero attached hydrogens (tertiary/aromatic N) is 1. The SMILES string of the molecule is CCCCCCCCn1c2ccc(C(C)(C)C)cc2c(=O)c2cc(C(C)(CC)CC)ccc21. The molecular weight excluding hydrogens is 402 g/mol. The fourth-order valence-corrected chi connectivity index (χ4v) is 4.97. The van der Waals surface area contributed by atoms with E-state index >= 15 is 0 Å². The summed E-state index contributed by atoms with van der Waals surface area (Å²) in [4.78, 5) is 13.8. The topological polar surface area (TPSA) is 22.0 Å². The molecule has 0 aliphatic rings. The van der Waals surface area contributed by atoms with Crippen LogP contribution < -0.4 is 5.43 Å². The fourth-order valence-electron chi connectivity index (χ4n) is 4.97. The van der Waals surface area contributed by atoms with E-state index < -0.39 is 0 Å². The molecule has 0 aliphatic heterocycles. The van der Waals surface area contributed by atoms with Gasteiger partial charge in [-0.2, -0.15) is 0 Å². The lowest BCUT2D eigenvalue weighted by atomic mass is 9.77. The minimum Gasteiger partial charge on any atom is -0.340 e. The van der Waals surface area contributed by atoms with Gasteiger partial charge in [0, 0.05) is 17.3 Å². The van der Waals surface area contributed by atoms with Gasteiger partial charge in [0.15, 0.2) is 5.43 Å². The third-order valence-corrected chi connectivity index (χ3v) is 7.92. The lowest BCUT2D eigenvalue weighted by Crippen LogP contribution is -2.21. The van der Waals surface area contributed by atoms with Crippen molar-refractivity contribution in [2.45, 2.75) is 117 Å². The summed E-state index contributed by atoms with van der Waals surface area (Å²) in [6.07, 6.45) is 9.78. The average molecular weight is 448 g/mol. The Labute approximate surface area is 201 Å². The standard InChI is InChI=1S/C31H45NO/c1-8-11-12-13-14-15-20-32-27-18-16-23(30(4,5)6)21-25(27)29(33)26-22-24(17-19-28(26)32)31(7,9-2)10-3/h16-19,21-22H,8-15,20H2,1-7H3. The van der Waals surface area contributed by atoms with Crippen LogP contribution in [0.5, 0.6) is 0 Å². The van der Waals surface area contributed by atoms with Crippen molar-refractivity contribution in [1.29, 1.82) is 0 Å². The lowest BCUT2D eigenvalue weighted by Gasteiger charge is -2.28. The largest absolute Gasteiger partial charge is 0.340 e. The number of aryl methyl sites for hydroxylation is 1. The molecule has 180 valence electrons. The van der Waals surface area contributed by atoms with Crippen LogP contribution in [0, 0.1) is 0 Å². The Kier molecular flexibility index (Phi) is 8.08. The molecule has 1 heterocycles. The highest BCUT2D eigenvalue weighted by Gasteiger charge is 2.24. The van der Waals surface area contributed by atoms with E-state index in [1.165, 1.54) is 43.2 Å². The number of aromatic nitrogens is 1. The molecule has 0 aliphatic carbocycles. The number of hydrogen-bond donors (Lipinski definition) is 0. The Morgan fingerprint density at radius 2 is 1.21 bits per heavy atom. The smallest absolute Gasteiger partial charge is 0.197 e. The molecule has 0 saturated carbocycles. The van der Waals surface area contributed by atoms with Crippen molar-refractivity contribution in [2.75, 3.05) is 0 Å². The molecular formula is C31H45NO. The van der Waals surface area contributed by atoms with Gasteiger partial charge in [-0.25, -0.2) is 0 Å². The first-order valence-electron chi connectivity index (χ1n) is 13.3. The van der Waals surface area contributed by atoms with E-state index in [0.29, 0.717) is 0 Å². The zero-order valence-electron chi connectivity index (χ0n) is 22.2. The molecule has 0 spiro atoms. The summed E-state index contributed by atoms with van der Waals surface area (Å²) in [6, 6.07) is 13.2. The second-order valence-corrected chi connectivity index (χ2v) is 11.2. The summed E-state index contributed by atoms with van der Waals surface area (Å²) in [6.45, 7) is 16.7. The van der Waals surface area contributed by atoms with Crippen molar-refractivity contribution >= 4 is 21.8 Å². The van der Waals surface area contributed by atoms with Gasteiger partial charge in [-0.05, 0) is 65.5 Å². The van der Waals surface area contributed by atoms with Crippen LogP contribution in [0.2, 0.25) is 0 Å². The van der Waals surface area contributed by atoms with E-state index in [1.807, 2.05) is 0 Å². The molecule has 0 atom stereocenters. The van der Waals surface area contributed by atoms with Crippen molar-refractivity contribution < 1.29 is 0 Å². The van der Waals surface area contributed by atoms with Crippen LogP contribution in [0.1, 0.15) is 111 Å². The molecule has 0 saturated heterocycles. The first kappa shape index (κ1) is 25.5. The van der Waals surface area contributed by atoms with Gasteiger partial charge in [-0.15, -0.1) is 0 Å². The molecule has 0 fully saturated rings. The van der Waals surface area contributed by atoms with E-state index in [0.717, 1.165) is 47.6 Å². The second kappa shape index (κ2) is 10.5. The maximum atomic E-state index is 13.8. The number of hydrogen-bond acceptors (Lipinski definition) is 1. The summed E-state index contributed by atoms with van der Waals surface area (Å²) < 4.78 is 2.41. The molecule has 0 bridgehead atoms. The van der Waals surface area contributed by atoms with Gasteiger partial charge >= 0.3 is 0 Å². The molecule has 3 aromatic rings. The third-order valence-electron chi connectivity index (χ3n) is 7.92. The Balaban J connectivity index is 2.17. The van der Waals surface area contributed by atoms with E-state index in [1.54, 1.807) is 0 Å². The molecule has 33 heavy (non-hydrogen) atoms. The minimum atomic E-state index is 0.0184. The number of unbranched alkanes of at least 4 members (excludes halogenated alkanes) is 5. The number of pyridine rings is 1. The molecule has 0 N–H and O–H groups in total. The van der Waals surface area contributed by atoms with Crippen LogP contribution in [-0.4, -0.2) is 4.57 Å². The number of benzene rings is 2. The predicted molar refractivity (Wildman–Crippen MR) is 146 cm³/mol. The molecule has 2 aromatic carbocycles. The van der Waals surface area contributed by atoms with E-state index in [2.05, 4.69) is 89.4 Å². The Morgan fingerprint density at radius 1 is 0.697 bits per heavy atom. The predicted octanol–water partition coefficient (Wildman–Crippen LogP) is 8.89. The monoisotopic (exact) mass is 447 g/mol. The van der Waals surface area contributed by atoms with Crippen molar-refractivity contribution in [1.82, 2.24) is 4.57 Å². The summed E-state index contributed by atoms with van der Waals surface area (Å²) in [5, 5.41) is 1.75. The Bertz CT molecular complexity index is 1140. The van der Waals surface area contributed by atoms with Crippen molar-refractivity contribution in [2.24, 2.45) is 0 Å². The highest BCUT2D eigenvalue weighted by Crippen LogP contribution is 2.34. The van der Waals surface area contributed by atoms with Crippen LogP contribution in [0.3, 0.4) is 0 Å². The van der Waals surface area contributed by atoms with Gasteiger partial charge in [0.1, 0.15) is 0 Å². The van der Waals surface area contributed by atoms with Crippen LogP contribution in [0.15, 0.2) is 41.2 Å². The van der Waals surface area contributed by atoms with Crippen molar-refractivity contribution in [3.63, 3.8) is 0 Å². The van der Waals surface area contributed by atoms with Crippen LogP contribution >= 0.6 is 0 Å². The molecule has 0 unspecified atom stereocenters. The van der Waals surface area contributed by atoms with Gasteiger partial charge in [0.2, 0.25) is 0 Å². The minimum absolute atomic E-state index is 0.0184. The molecule has 2 heteroatoms. The van der Waals surface area contributed by atoms with E-state index in [9.17, 15) is 4.79 Å². The fraction of sp³-hybridized carbons (Fsp3) is 0.581. The first-order valence-corrected chi connectivity index (χ1v) is 13.3. The summed E-state index contributed by atoms with van der Waals surface area (Å²) in [5.41, 5.74) is 4.98. The van der Waals surface area contributed by atoms with Gasteiger partial charge in [-0.3, -0.25) is 4.79 Å². The first-order chi connectivity index (χ1) is 15.7. The highest BCUT2D eigenvalue weighted by atomic mass is 16.1. The summed E-state index contributed by atoms with van der Waals surface area (Å²) >= 11 is 0. The average Bonchev–Trinajstić information content (AvgIpc) is 2.81. The summed E-state index contributed by atoms with van der Waals surface area (Å²) in [7, 11) is 0. The van der Waals surface area contributed by atoms with Gasteiger partial charge in [0.25, 0.3) is 0 Å². The van der Waals surface area contributed by atoms with Gasteiger partial charge in [-0.1, -0.05) is 92.7 Å². The Hall–Kier alpha value is -2.09. The van der Waals surface area contributed by atoms with Crippen LogP contribution in [0.4, 0.5) is 0 Å². The highest BCUT2D eigenvalue weighted by molar-refractivity contribution is 5.94. The summed E-state index contributed by atoms with van der Waals surface area (Å²) in [5.74, 6) is 0.